The van der Waals surface area contributed by atoms with Crippen molar-refractivity contribution < 1.29 is 14.3 Å². The number of carbonyl (C=O) groups is 2. The molecule has 4 rings (SSSR count). The Morgan fingerprint density at radius 3 is 2.40 bits per heavy atom. The molecular weight excluding hydrogens is 378 g/mol. The zero-order valence-corrected chi connectivity index (χ0v) is 16.5. The van der Waals surface area contributed by atoms with Gasteiger partial charge in [-0.05, 0) is 23.8 Å². The molecule has 1 aromatic heterocycles. The van der Waals surface area contributed by atoms with E-state index >= 15 is 0 Å². The average Bonchev–Trinajstić information content (AvgIpc) is 3.22. The summed E-state index contributed by atoms with van der Waals surface area (Å²) in [4.78, 5) is 34.0. The van der Waals surface area contributed by atoms with Gasteiger partial charge in [-0.25, -0.2) is 9.78 Å². The molecule has 0 aliphatic rings. The van der Waals surface area contributed by atoms with Gasteiger partial charge in [0.1, 0.15) is 5.82 Å². The van der Waals surface area contributed by atoms with Gasteiger partial charge in [-0.1, -0.05) is 60.7 Å². The Labute approximate surface area is 174 Å². The van der Waals surface area contributed by atoms with Crippen molar-refractivity contribution in [1.82, 2.24) is 14.9 Å². The van der Waals surface area contributed by atoms with Crippen LogP contribution in [0.4, 0.5) is 0 Å². The molecule has 150 valence electrons. The summed E-state index contributed by atoms with van der Waals surface area (Å²) in [6.45, 7) is 0.151. The molecule has 6 nitrogen and oxygen atoms in total. The van der Waals surface area contributed by atoms with Gasteiger partial charge in [0, 0.05) is 19.2 Å². The fraction of sp³-hybridized carbons (Fsp3) is 0.125. The zero-order valence-electron chi connectivity index (χ0n) is 16.5. The Morgan fingerprint density at radius 1 is 0.967 bits per heavy atom. The third-order valence-electron chi connectivity index (χ3n) is 4.78. The highest BCUT2D eigenvalue weighted by molar-refractivity contribution is 5.95. The number of likely N-dealkylation sites (N-methyl/N-ethyl adjacent to an activating group) is 1. The van der Waals surface area contributed by atoms with Crippen molar-refractivity contribution >= 4 is 22.9 Å². The van der Waals surface area contributed by atoms with Gasteiger partial charge in [0.25, 0.3) is 5.91 Å². The first kappa shape index (κ1) is 19.4. The molecule has 0 atom stereocenters. The highest BCUT2D eigenvalue weighted by Crippen LogP contribution is 2.21. The van der Waals surface area contributed by atoms with Crippen LogP contribution in [0, 0.1) is 0 Å². The largest absolute Gasteiger partial charge is 0.452 e. The van der Waals surface area contributed by atoms with E-state index in [1.807, 2.05) is 60.7 Å². The zero-order chi connectivity index (χ0) is 20.9. The number of rotatable bonds is 6. The van der Waals surface area contributed by atoms with Crippen LogP contribution >= 0.6 is 0 Å². The number of nitrogens with zero attached hydrogens (tertiary/aromatic N) is 2. The molecule has 1 N–H and O–H groups in total. The van der Waals surface area contributed by atoms with E-state index in [-0.39, 0.29) is 12.5 Å². The fourth-order valence-electron chi connectivity index (χ4n) is 3.14. The van der Waals surface area contributed by atoms with Crippen LogP contribution in [0.2, 0.25) is 0 Å². The number of amides is 1. The Kier molecular flexibility index (Phi) is 5.57. The Hall–Kier alpha value is -3.93. The van der Waals surface area contributed by atoms with Gasteiger partial charge in [0.15, 0.2) is 6.61 Å². The lowest BCUT2D eigenvalue weighted by atomic mass is 10.2. The summed E-state index contributed by atoms with van der Waals surface area (Å²) < 4.78 is 5.22. The molecule has 0 saturated carbocycles. The topological polar surface area (TPSA) is 75.3 Å². The number of aromatic amines is 1. The maximum Gasteiger partial charge on any atom is 0.338 e. The van der Waals surface area contributed by atoms with Crippen LogP contribution in [-0.2, 0) is 16.1 Å². The van der Waals surface area contributed by atoms with Gasteiger partial charge in [-0.3, -0.25) is 4.79 Å². The lowest BCUT2D eigenvalue weighted by molar-refractivity contribution is -0.133. The van der Waals surface area contributed by atoms with E-state index in [4.69, 9.17) is 4.74 Å². The third-order valence-corrected chi connectivity index (χ3v) is 4.78. The quantitative estimate of drug-likeness (QED) is 0.497. The molecule has 4 aromatic rings. The van der Waals surface area contributed by atoms with Crippen LogP contribution in [0.3, 0.4) is 0 Å². The smallest absolute Gasteiger partial charge is 0.338 e. The first-order valence-electron chi connectivity index (χ1n) is 9.60. The van der Waals surface area contributed by atoms with E-state index in [0.29, 0.717) is 12.1 Å². The van der Waals surface area contributed by atoms with Gasteiger partial charge in [-0.15, -0.1) is 0 Å². The van der Waals surface area contributed by atoms with Crippen LogP contribution in [0.25, 0.3) is 22.4 Å². The number of H-pyrrole nitrogens is 1. The molecule has 3 aromatic carbocycles. The minimum atomic E-state index is -0.547. The molecule has 30 heavy (non-hydrogen) atoms. The lowest BCUT2D eigenvalue weighted by Gasteiger charge is -2.17. The van der Waals surface area contributed by atoms with Crippen LogP contribution in [0.15, 0.2) is 78.9 Å². The molecule has 0 aliphatic carbocycles. The van der Waals surface area contributed by atoms with Crippen LogP contribution in [-0.4, -0.2) is 40.4 Å². The van der Waals surface area contributed by atoms with E-state index in [9.17, 15) is 9.59 Å². The number of hydrogen-bond acceptors (Lipinski definition) is 4. The van der Waals surface area contributed by atoms with Crippen LogP contribution < -0.4 is 0 Å². The molecule has 0 fully saturated rings. The van der Waals surface area contributed by atoms with Gasteiger partial charge in [-0.2, -0.15) is 0 Å². The maximum atomic E-state index is 12.4. The molecular formula is C24H21N3O3. The van der Waals surface area contributed by atoms with Gasteiger partial charge < -0.3 is 14.6 Å². The van der Waals surface area contributed by atoms with E-state index in [2.05, 4.69) is 9.97 Å². The van der Waals surface area contributed by atoms with Crippen molar-refractivity contribution in [3.63, 3.8) is 0 Å². The first-order chi connectivity index (χ1) is 14.6. The Morgan fingerprint density at radius 2 is 1.67 bits per heavy atom. The summed E-state index contributed by atoms with van der Waals surface area (Å²) in [7, 11) is 1.69. The molecule has 0 radical (unpaired) electrons. The van der Waals surface area contributed by atoms with Crippen molar-refractivity contribution in [3.05, 3.63) is 90.0 Å². The van der Waals surface area contributed by atoms with Crippen LogP contribution in [0.1, 0.15) is 15.9 Å². The number of benzene rings is 3. The van der Waals surface area contributed by atoms with E-state index in [1.165, 1.54) is 4.90 Å². The molecule has 6 heteroatoms. The van der Waals surface area contributed by atoms with Crippen molar-refractivity contribution in [2.75, 3.05) is 13.7 Å². The summed E-state index contributed by atoms with van der Waals surface area (Å²) in [6.07, 6.45) is 0. The second-order valence-corrected chi connectivity index (χ2v) is 6.99. The van der Waals surface area contributed by atoms with E-state index in [1.54, 1.807) is 25.2 Å². The molecule has 0 unspecified atom stereocenters. The molecule has 1 heterocycles. The normalized spacial score (nSPS) is 10.7. The van der Waals surface area contributed by atoms with E-state index < -0.39 is 5.97 Å². The Balaban J connectivity index is 1.40. The van der Waals surface area contributed by atoms with Crippen LogP contribution in [0.5, 0.6) is 0 Å². The highest BCUT2D eigenvalue weighted by Gasteiger charge is 2.15. The summed E-state index contributed by atoms with van der Waals surface area (Å²) in [5.41, 5.74) is 3.83. The number of nitrogens with one attached hydrogen (secondary N) is 1. The van der Waals surface area contributed by atoms with Gasteiger partial charge in [0.2, 0.25) is 0 Å². The van der Waals surface area contributed by atoms with Crippen molar-refractivity contribution in [2.45, 2.75) is 6.54 Å². The summed E-state index contributed by atoms with van der Waals surface area (Å²) in [5.74, 6) is -0.0794. The molecule has 0 spiro atoms. The predicted octanol–water partition coefficient (Wildman–Crippen LogP) is 4.05. The standard InChI is InChI=1S/C24H21N3O3/c1-27(15-17-8-4-2-5-9-17)22(28)16-30-24(29)19-12-13-20-21(14-19)26-23(25-20)18-10-6-3-7-11-18/h2-14H,15-16H2,1H3,(H,25,26). The molecule has 0 aliphatic heterocycles. The maximum absolute atomic E-state index is 12.4. The number of ether oxygens (including phenoxy) is 1. The number of esters is 1. The van der Waals surface area contributed by atoms with E-state index in [0.717, 1.165) is 28.0 Å². The first-order valence-corrected chi connectivity index (χ1v) is 9.60. The number of imidazole rings is 1. The fourth-order valence-corrected chi connectivity index (χ4v) is 3.14. The Bertz CT molecular complexity index is 1170. The van der Waals surface area contributed by atoms with Crippen molar-refractivity contribution in [2.24, 2.45) is 0 Å². The molecule has 0 saturated heterocycles. The third kappa shape index (κ3) is 4.38. The number of aromatic nitrogens is 2. The summed E-state index contributed by atoms with van der Waals surface area (Å²) in [5, 5.41) is 0. The summed E-state index contributed by atoms with van der Waals surface area (Å²) >= 11 is 0. The molecule has 1 amide bonds. The van der Waals surface area contributed by atoms with Crippen molar-refractivity contribution in [3.8, 4) is 11.4 Å². The number of carbonyl (C=O) groups excluding carboxylic acids is 2. The minimum Gasteiger partial charge on any atom is -0.452 e. The number of hydrogen-bond donors (Lipinski definition) is 1. The highest BCUT2D eigenvalue weighted by atomic mass is 16.5. The predicted molar refractivity (Wildman–Crippen MR) is 115 cm³/mol. The second-order valence-electron chi connectivity index (χ2n) is 6.99. The average molecular weight is 399 g/mol. The molecule has 0 bridgehead atoms. The van der Waals surface area contributed by atoms with Crippen molar-refractivity contribution in [1.29, 1.82) is 0 Å². The lowest BCUT2D eigenvalue weighted by Crippen LogP contribution is -2.30. The monoisotopic (exact) mass is 399 g/mol. The SMILES string of the molecule is CN(Cc1ccccc1)C(=O)COC(=O)c1ccc2nc(-c3ccccc3)[nH]c2c1. The second kappa shape index (κ2) is 8.61. The van der Waals surface area contributed by atoms with Gasteiger partial charge >= 0.3 is 5.97 Å². The number of fused-ring (bicyclic) bond motifs is 1. The van der Waals surface area contributed by atoms with Gasteiger partial charge in [0.05, 0.1) is 16.6 Å². The summed E-state index contributed by atoms with van der Waals surface area (Å²) in [6, 6.07) is 24.5. The minimum absolute atomic E-state index is 0.263.